The van der Waals surface area contributed by atoms with Crippen molar-refractivity contribution >= 4 is 11.4 Å². The Kier molecular flexibility index (Phi) is 6.92. The maximum atomic E-state index is 11.2. The molecule has 0 saturated carbocycles. The first-order valence-corrected chi connectivity index (χ1v) is 6.64. The monoisotopic (exact) mass is 283 g/mol. The summed E-state index contributed by atoms with van der Waals surface area (Å²) in [6, 6.07) is 5.09. The largest absolute Gasteiger partial charge is 0.396 e. The van der Waals surface area contributed by atoms with Crippen LogP contribution in [0, 0.1) is 10.1 Å². The van der Waals surface area contributed by atoms with Crippen molar-refractivity contribution in [2.75, 3.05) is 31.3 Å². The van der Waals surface area contributed by atoms with Crippen molar-refractivity contribution in [3.63, 3.8) is 0 Å². The molecule has 7 nitrogen and oxygen atoms in total. The van der Waals surface area contributed by atoms with E-state index >= 15 is 0 Å². The van der Waals surface area contributed by atoms with Gasteiger partial charge >= 0.3 is 0 Å². The van der Waals surface area contributed by atoms with Crippen LogP contribution < -0.4 is 10.4 Å². The maximum absolute atomic E-state index is 11.2. The van der Waals surface area contributed by atoms with Crippen LogP contribution in [0.4, 0.5) is 11.4 Å². The number of aliphatic hydroxyl groups is 2. The van der Waals surface area contributed by atoms with E-state index in [4.69, 9.17) is 10.2 Å². The lowest BCUT2D eigenvalue weighted by Gasteiger charge is -2.25. The van der Waals surface area contributed by atoms with Gasteiger partial charge in [0.15, 0.2) is 0 Å². The normalized spacial score (nSPS) is 10.6. The first-order valence-electron chi connectivity index (χ1n) is 6.64. The number of nitro groups is 1. The van der Waals surface area contributed by atoms with Crippen molar-refractivity contribution in [1.29, 1.82) is 0 Å². The maximum Gasteiger partial charge on any atom is 0.294 e. The summed E-state index contributed by atoms with van der Waals surface area (Å²) in [4.78, 5) is 10.8. The fourth-order valence-electron chi connectivity index (χ4n) is 1.86. The number of benzene rings is 1. The molecule has 0 amide bonds. The fourth-order valence-corrected chi connectivity index (χ4v) is 1.86. The van der Waals surface area contributed by atoms with E-state index in [0.29, 0.717) is 18.7 Å². The topological polar surface area (TPSA) is 98.9 Å². The SMILES string of the molecule is CCc1ccc(N(CCCO)NCCO)c([N+](=O)[O-])c1. The summed E-state index contributed by atoms with van der Waals surface area (Å²) in [5.41, 5.74) is 4.27. The van der Waals surface area contributed by atoms with Crippen LogP contribution in [0.15, 0.2) is 18.2 Å². The number of nitro benzene ring substituents is 1. The van der Waals surface area contributed by atoms with Crippen LogP contribution >= 0.6 is 0 Å². The summed E-state index contributed by atoms with van der Waals surface area (Å²) in [5, 5.41) is 30.6. The predicted octanol–water partition coefficient (Wildman–Crippen LogP) is 0.843. The van der Waals surface area contributed by atoms with Gasteiger partial charge in [-0.2, -0.15) is 0 Å². The van der Waals surface area contributed by atoms with Gasteiger partial charge in [-0.05, 0) is 24.5 Å². The molecule has 0 aliphatic heterocycles. The molecule has 112 valence electrons. The molecule has 0 unspecified atom stereocenters. The summed E-state index contributed by atoms with van der Waals surface area (Å²) in [6.45, 7) is 2.57. The number of anilines is 1. The van der Waals surface area contributed by atoms with Gasteiger partial charge in [0, 0.05) is 25.8 Å². The number of aliphatic hydroxyl groups excluding tert-OH is 2. The highest BCUT2D eigenvalue weighted by atomic mass is 16.6. The summed E-state index contributed by atoms with van der Waals surface area (Å²) in [7, 11) is 0. The molecule has 0 bridgehead atoms. The zero-order valence-electron chi connectivity index (χ0n) is 11.6. The van der Waals surface area contributed by atoms with E-state index in [1.165, 1.54) is 0 Å². The third kappa shape index (κ3) is 4.44. The van der Waals surface area contributed by atoms with Crippen LogP contribution in [0.3, 0.4) is 0 Å². The van der Waals surface area contributed by atoms with Crippen LogP contribution in [-0.2, 0) is 6.42 Å². The number of hydrogen-bond donors (Lipinski definition) is 3. The average Bonchev–Trinajstić information content (AvgIpc) is 2.47. The molecule has 1 aromatic carbocycles. The van der Waals surface area contributed by atoms with E-state index in [2.05, 4.69) is 5.43 Å². The van der Waals surface area contributed by atoms with Crippen LogP contribution in [-0.4, -0.2) is 41.4 Å². The van der Waals surface area contributed by atoms with E-state index in [1.54, 1.807) is 17.1 Å². The van der Waals surface area contributed by atoms with Crippen LogP contribution in [0.2, 0.25) is 0 Å². The van der Waals surface area contributed by atoms with E-state index in [9.17, 15) is 10.1 Å². The van der Waals surface area contributed by atoms with E-state index in [-0.39, 0.29) is 25.4 Å². The quantitative estimate of drug-likeness (QED) is 0.459. The summed E-state index contributed by atoms with van der Waals surface area (Å²) < 4.78 is 0. The zero-order valence-corrected chi connectivity index (χ0v) is 11.6. The zero-order chi connectivity index (χ0) is 15.0. The predicted molar refractivity (Wildman–Crippen MR) is 76.6 cm³/mol. The molecule has 0 spiro atoms. The van der Waals surface area contributed by atoms with Crippen molar-refractivity contribution in [3.8, 4) is 0 Å². The number of nitrogens with zero attached hydrogens (tertiary/aromatic N) is 2. The summed E-state index contributed by atoms with van der Waals surface area (Å²) in [5.74, 6) is 0. The molecule has 1 aromatic rings. The number of aryl methyl sites for hydroxylation is 1. The molecule has 0 aliphatic carbocycles. The molecule has 0 aromatic heterocycles. The molecule has 0 atom stereocenters. The molecule has 7 heteroatoms. The molecule has 20 heavy (non-hydrogen) atoms. The Morgan fingerprint density at radius 3 is 2.65 bits per heavy atom. The minimum absolute atomic E-state index is 0.00184. The van der Waals surface area contributed by atoms with E-state index < -0.39 is 4.92 Å². The number of hydrazine groups is 1. The lowest BCUT2D eigenvalue weighted by atomic mass is 10.1. The molecular formula is C13H21N3O4. The molecule has 0 fully saturated rings. The molecule has 0 saturated heterocycles. The Labute approximate surface area is 118 Å². The van der Waals surface area contributed by atoms with Gasteiger partial charge < -0.3 is 15.2 Å². The van der Waals surface area contributed by atoms with Gasteiger partial charge in [0.1, 0.15) is 5.69 Å². The minimum atomic E-state index is -0.416. The van der Waals surface area contributed by atoms with Gasteiger partial charge in [0.2, 0.25) is 0 Å². The first-order chi connectivity index (χ1) is 9.63. The van der Waals surface area contributed by atoms with E-state index in [1.807, 2.05) is 13.0 Å². The van der Waals surface area contributed by atoms with Crippen molar-refractivity contribution in [2.45, 2.75) is 19.8 Å². The second-order valence-electron chi connectivity index (χ2n) is 4.29. The third-order valence-corrected chi connectivity index (χ3v) is 2.89. The Bertz CT molecular complexity index is 432. The highest BCUT2D eigenvalue weighted by Crippen LogP contribution is 2.28. The van der Waals surface area contributed by atoms with Crippen LogP contribution in [0.25, 0.3) is 0 Å². The fraction of sp³-hybridized carbons (Fsp3) is 0.538. The third-order valence-electron chi connectivity index (χ3n) is 2.89. The van der Waals surface area contributed by atoms with Crippen molar-refractivity contribution in [3.05, 3.63) is 33.9 Å². The lowest BCUT2D eigenvalue weighted by molar-refractivity contribution is -0.384. The molecule has 1 rings (SSSR count). The van der Waals surface area contributed by atoms with Crippen molar-refractivity contribution in [1.82, 2.24) is 5.43 Å². The van der Waals surface area contributed by atoms with E-state index in [0.717, 1.165) is 12.0 Å². The number of nitrogens with one attached hydrogen (secondary N) is 1. The summed E-state index contributed by atoms with van der Waals surface area (Å²) in [6.07, 6.45) is 1.20. The Morgan fingerprint density at radius 2 is 2.10 bits per heavy atom. The van der Waals surface area contributed by atoms with Gasteiger partial charge in [-0.25, -0.2) is 5.43 Å². The smallest absolute Gasteiger partial charge is 0.294 e. The minimum Gasteiger partial charge on any atom is -0.396 e. The van der Waals surface area contributed by atoms with Gasteiger partial charge in [0.05, 0.1) is 11.5 Å². The van der Waals surface area contributed by atoms with Crippen LogP contribution in [0.5, 0.6) is 0 Å². The number of hydrogen-bond acceptors (Lipinski definition) is 6. The van der Waals surface area contributed by atoms with Crippen molar-refractivity contribution < 1.29 is 15.1 Å². The van der Waals surface area contributed by atoms with Gasteiger partial charge in [0.25, 0.3) is 5.69 Å². The van der Waals surface area contributed by atoms with Gasteiger partial charge in [-0.3, -0.25) is 10.1 Å². The number of rotatable bonds is 9. The molecule has 0 aliphatic rings. The van der Waals surface area contributed by atoms with Gasteiger partial charge in [-0.1, -0.05) is 13.0 Å². The van der Waals surface area contributed by atoms with Crippen molar-refractivity contribution in [2.24, 2.45) is 0 Å². The Balaban J connectivity index is 3.06. The summed E-state index contributed by atoms with van der Waals surface area (Å²) >= 11 is 0. The molecule has 3 N–H and O–H groups in total. The highest BCUT2D eigenvalue weighted by Gasteiger charge is 2.19. The standard InChI is InChI=1S/C13H21N3O4/c1-2-11-4-5-12(13(10-11)16(19)20)15(7-3-8-17)14-6-9-18/h4-5,10,14,17-18H,2-3,6-9H2,1H3. The highest BCUT2D eigenvalue weighted by molar-refractivity contribution is 5.63. The van der Waals surface area contributed by atoms with Gasteiger partial charge in [-0.15, -0.1) is 0 Å². The molecule has 0 radical (unpaired) electrons. The second-order valence-corrected chi connectivity index (χ2v) is 4.29. The van der Waals surface area contributed by atoms with Crippen LogP contribution in [0.1, 0.15) is 18.9 Å². The Hall–Kier alpha value is -1.70. The first kappa shape index (κ1) is 16.4. The molecular weight excluding hydrogens is 262 g/mol. The average molecular weight is 283 g/mol. The Morgan fingerprint density at radius 1 is 1.35 bits per heavy atom. The molecule has 0 heterocycles. The second kappa shape index (κ2) is 8.47. The lowest BCUT2D eigenvalue weighted by Crippen LogP contribution is -2.41.